The normalized spacial score (nSPS) is 10.1. The van der Waals surface area contributed by atoms with E-state index in [2.05, 4.69) is 14.7 Å². The fraction of sp³-hybridized carbons (Fsp3) is 0.0833. The molecule has 0 atom stereocenters. The monoisotopic (exact) mass is 246 g/mol. The van der Waals surface area contributed by atoms with Crippen LogP contribution < -0.4 is 0 Å². The molecule has 0 saturated carbocycles. The number of hydrogen-bond donors (Lipinski definition) is 2. The van der Waals surface area contributed by atoms with Crippen LogP contribution >= 0.6 is 0 Å². The lowest BCUT2D eigenvalue weighted by Crippen LogP contribution is -2.06. The Hall–Kier alpha value is -2.63. The molecule has 2 N–H and O–H groups in total. The SMILES string of the molecule is COC(=O)c1ccc(C(=O)O)cc1-c1ncc[nH]1. The molecular formula is C12H10N2O4. The first-order valence-corrected chi connectivity index (χ1v) is 5.09. The van der Waals surface area contributed by atoms with Gasteiger partial charge in [0.25, 0.3) is 0 Å². The second kappa shape index (κ2) is 4.70. The van der Waals surface area contributed by atoms with Crippen LogP contribution in [0.4, 0.5) is 0 Å². The number of nitrogens with zero attached hydrogens (tertiary/aromatic N) is 1. The molecule has 6 heteroatoms. The topological polar surface area (TPSA) is 92.3 Å². The zero-order valence-corrected chi connectivity index (χ0v) is 9.51. The van der Waals surface area contributed by atoms with Gasteiger partial charge in [-0.3, -0.25) is 0 Å². The Morgan fingerprint density at radius 2 is 2.17 bits per heavy atom. The zero-order valence-electron chi connectivity index (χ0n) is 9.51. The largest absolute Gasteiger partial charge is 0.478 e. The van der Waals surface area contributed by atoms with Crippen molar-refractivity contribution in [2.24, 2.45) is 0 Å². The molecule has 1 heterocycles. The molecule has 1 aromatic heterocycles. The van der Waals surface area contributed by atoms with E-state index in [0.717, 1.165) is 0 Å². The summed E-state index contributed by atoms with van der Waals surface area (Å²) in [5.74, 6) is -1.20. The Morgan fingerprint density at radius 3 is 2.72 bits per heavy atom. The number of H-pyrrole nitrogens is 1. The van der Waals surface area contributed by atoms with E-state index in [9.17, 15) is 9.59 Å². The molecule has 0 unspecified atom stereocenters. The molecule has 0 aliphatic heterocycles. The molecule has 0 aliphatic rings. The van der Waals surface area contributed by atoms with E-state index < -0.39 is 11.9 Å². The van der Waals surface area contributed by atoms with Gasteiger partial charge in [-0.05, 0) is 18.2 Å². The summed E-state index contributed by atoms with van der Waals surface area (Å²) >= 11 is 0. The van der Waals surface area contributed by atoms with Gasteiger partial charge >= 0.3 is 11.9 Å². The third kappa shape index (κ3) is 2.08. The van der Waals surface area contributed by atoms with Crippen molar-refractivity contribution < 1.29 is 19.4 Å². The second-order valence-corrected chi connectivity index (χ2v) is 3.49. The minimum atomic E-state index is -1.07. The lowest BCUT2D eigenvalue weighted by molar-refractivity contribution is 0.0599. The first kappa shape index (κ1) is 11.8. The van der Waals surface area contributed by atoms with Gasteiger partial charge in [-0.2, -0.15) is 0 Å². The summed E-state index contributed by atoms with van der Waals surface area (Å²) in [5, 5.41) is 8.95. The number of hydrogen-bond acceptors (Lipinski definition) is 4. The highest BCUT2D eigenvalue weighted by molar-refractivity contribution is 5.99. The number of imidazole rings is 1. The second-order valence-electron chi connectivity index (χ2n) is 3.49. The highest BCUT2D eigenvalue weighted by atomic mass is 16.5. The zero-order chi connectivity index (χ0) is 13.1. The number of rotatable bonds is 3. The van der Waals surface area contributed by atoms with Crippen LogP contribution in [0.25, 0.3) is 11.4 Å². The van der Waals surface area contributed by atoms with Gasteiger partial charge < -0.3 is 14.8 Å². The van der Waals surface area contributed by atoms with Crippen molar-refractivity contribution in [3.63, 3.8) is 0 Å². The quantitative estimate of drug-likeness (QED) is 0.802. The maximum Gasteiger partial charge on any atom is 0.338 e. The molecule has 0 radical (unpaired) electrons. The lowest BCUT2D eigenvalue weighted by Gasteiger charge is -2.06. The minimum absolute atomic E-state index is 0.0778. The molecule has 1 aromatic carbocycles. The van der Waals surface area contributed by atoms with E-state index in [1.54, 1.807) is 6.20 Å². The van der Waals surface area contributed by atoms with Gasteiger partial charge in [0.05, 0.1) is 18.2 Å². The molecule has 0 saturated heterocycles. The fourth-order valence-electron chi connectivity index (χ4n) is 1.57. The third-order valence-electron chi connectivity index (χ3n) is 2.43. The number of carbonyl (C=O) groups excluding carboxylic acids is 1. The van der Waals surface area contributed by atoms with E-state index >= 15 is 0 Å². The molecule has 0 aliphatic carbocycles. The molecule has 2 aromatic rings. The predicted molar refractivity (Wildman–Crippen MR) is 62.3 cm³/mol. The van der Waals surface area contributed by atoms with Crippen LogP contribution in [0.5, 0.6) is 0 Å². The van der Waals surface area contributed by atoms with Crippen LogP contribution in [-0.4, -0.2) is 34.1 Å². The third-order valence-corrected chi connectivity index (χ3v) is 2.43. The number of nitrogens with one attached hydrogen (secondary N) is 1. The van der Waals surface area contributed by atoms with Crippen LogP contribution in [0.15, 0.2) is 30.6 Å². The summed E-state index contributed by atoms with van der Waals surface area (Å²) in [6, 6.07) is 4.14. The Kier molecular flexibility index (Phi) is 3.09. The molecule has 0 amide bonds. The first-order chi connectivity index (χ1) is 8.63. The van der Waals surface area contributed by atoms with E-state index in [1.165, 1.54) is 31.5 Å². The number of esters is 1. The van der Waals surface area contributed by atoms with Crippen molar-refractivity contribution in [3.05, 3.63) is 41.7 Å². The molecular weight excluding hydrogens is 236 g/mol. The summed E-state index contributed by atoms with van der Waals surface area (Å²) in [4.78, 5) is 29.4. The van der Waals surface area contributed by atoms with Crippen molar-refractivity contribution in [3.8, 4) is 11.4 Å². The lowest BCUT2D eigenvalue weighted by atomic mass is 10.0. The van der Waals surface area contributed by atoms with Crippen LogP contribution in [0.3, 0.4) is 0 Å². The molecule has 6 nitrogen and oxygen atoms in total. The maximum atomic E-state index is 11.6. The molecule has 92 valence electrons. The number of aromatic amines is 1. The average molecular weight is 246 g/mol. The number of carboxylic acids is 1. The molecule has 0 fully saturated rings. The summed E-state index contributed by atoms with van der Waals surface area (Å²) < 4.78 is 4.65. The van der Waals surface area contributed by atoms with Gasteiger partial charge in [-0.1, -0.05) is 0 Å². The first-order valence-electron chi connectivity index (χ1n) is 5.09. The van der Waals surface area contributed by atoms with Crippen LogP contribution in [-0.2, 0) is 4.74 Å². The van der Waals surface area contributed by atoms with E-state index in [0.29, 0.717) is 11.4 Å². The van der Waals surface area contributed by atoms with Gasteiger partial charge in [-0.15, -0.1) is 0 Å². The fourth-order valence-corrected chi connectivity index (χ4v) is 1.57. The molecule has 18 heavy (non-hydrogen) atoms. The van der Waals surface area contributed by atoms with Crippen molar-refractivity contribution in [1.29, 1.82) is 0 Å². The van der Waals surface area contributed by atoms with Gasteiger partial charge in [0.15, 0.2) is 0 Å². The number of aromatic carboxylic acids is 1. The van der Waals surface area contributed by atoms with Gasteiger partial charge in [0.1, 0.15) is 5.82 Å². The van der Waals surface area contributed by atoms with Crippen molar-refractivity contribution in [1.82, 2.24) is 9.97 Å². The van der Waals surface area contributed by atoms with Crippen LogP contribution in [0.2, 0.25) is 0 Å². The highest BCUT2D eigenvalue weighted by Crippen LogP contribution is 2.22. The van der Waals surface area contributed by atoms with Gasteiger partial charge in [-0.25, -0.2) is 14.6 Å². The number of methoxy groups -OCH3 is 1. The molecule has 0 bridgehead atoms. The van der Waals surface area contributed by atoms with Gasteiger partial charge in [0, 0.05) is 18.0 Å². The summed E-state index contributed by atoms with van der Waals surface area (Å²) in [6.45, 7) is 0. The summed E-state index contributed by atoms with van der Waals surface area (Å²) in [7, 11) is 1.26. The Morgan fingerprint density at radius 1 is 1.39 bits per heavy atom. The van der Waals surface area contributed by atoms with E-state index in [1.807, 2.05) is 0 Å². The molecule has 0 spiro atoms. The number of aromatic nitrogens is 2. The number of benzene rings is 1. The van der Waals surface area contributed by atoms with Crippen molar-refractivity contribution >= 4 is 11.9 Å². The highest BCUT2D eigenvalue weighted by Gasteiger charge is 2.17. The van der Waals surface area contributed by atoms with Crippen LogP contribution in [0.1, 0.15) is 20.7 Å². The number of carbonyl (C=O) groups is 2. The van der Waals surface area contributed by atoms with Gasteiger partial charge in [0.2, 0.25) is 0 Å². The van der Waals surface area contributed by atoms with E-state index in [4.69, 9.17) is 5.11 Å². The number of carboxylic acid groups (broad SMARTS) is 1. The Labute approximate surface area is 102 Å². The van der Waals surface area contributed by atoms with E-state index in [-0.39, 0.29) is 11.1 Å². The molecule has 2 rings (SSSR count). The van der Waals surface area contributed by atoms with Crippen molar-refractivity contribution in [2.75, 3.05) is 7.11 Å². The smallest absolute Gasteiger partial charge is 0.338 e. The predicted octanol–water partition coefficient (Wildman–Crippen LogP) is 1.56. The average Bonchev–Trinajstić information content (AvgIpc) is 2.90. The standard InChI is InChI=1S/C12H10N2O4/c1-18-12(17)8-3-2-7(11(15)16)6-9(8)10-13-4-5-14-10/h2-6H,1H3,(H,13,14)(H,15,16). The van der Waals surface area contributed by atoms with Crippen molar-refractivity contribution in [2.45, 2.75) is 0 Å². The summed E-state index contributed by atoms with van der Waals surface area (Å²) in [5.41, 5.74) is 0.734. The Bertz CT molecular complexity index is 590. The van der Waals surface area contributed by atoms with Crippen LogP contribution in [0, 0.1) is 0 Å². The Balaban J connectivity index is 2.61. The minimum Gasteiger partial charge on any atom is -0.478 e. The summed E-state index contributed by atoms with van der Waals surface area (Å²) in [6.07, 6.45) is 3.10. The maximum absolute atomic E-state index is 11.6. The number of ether oxygens (including phenoxy) is 1.